The molecule has 1 fully saturated rings. The SMILES string of the molecule is CC(=O)O.O[C@@H]1CCCCC[C@H]1F. The van der Waals surface area contributed by atoms with Crippen LogP contribution in [0.1, 0.15) is 39.0 Å². The molecule has 0 spiro atoms. The Balaban J connectivity index is 0.000000310. The number of hydrogen-bond acceptors (Lipinski definition) is 2. The minimum Gasteiger partial charge on any atom is -0.481 e. The number of aliphatic hydroxyl groups excluding tert-OH is 1. The molecule has 0 aromatic carbocycles. The lowest BCUT2D eigenvalue weighted by molar-refractivity contribution is -0.134. The van der Waals surface area contributed by atoms with E-state index in [9.17, 15) is 4.39 Å². The highest BCUT2D eigenvalue weighted by molar-refractivity contribution is 5.62. The highest BCUT2D eigenvalue weighted by Gasteiger charge is 2.19. The lowest BCUT2D eigenvalue weighted by atomic mass is 10.1. The summed E-state index contributed by atoms with van der Waals surface area (Å²) in [6.07, 6.45) is 2.60. The van der Waals surface area contributed by atoms with Crippen molar-refractivity contribution in [3.63, 3.8) is 0 Å². The van der Waals surface area contributed by atoms with Gasteiger partial charge in [-0.05, 0) is 12.8 Å². The van der Waals surface area contributed by atoms with Crippen molar-refractivity contribution in [2.45, 2.75) is 51.3 Å². The van der Waals surface area contributed by atoms with Crippen LogP contribution in [0.3, 0.4) is 0 Å². The lowest BCUT2D eigenvalue weighted by Gasteiger charge is -2.09. The van der Waals surface area contributed by atoms with E-state index >= 15 is 0 Å². The standard InChI is InChI=1S/C7H13FO.C2H4O2/c8-6-4-2-1-3-5-7(6)9;1-2(3)4/h6-7,9H,1-5H2;1H3,(H,3,4)/t6-,7-;/m1./s1. The van der Waals surface area contributed by atoms with Gasteiger partial charge in [0.05, 0.1) is 6.10 Å². The molecule has 2 atom stereocenters. The Morgan fingerprint density at radius 3 is 2.31 bits per heavy atom. The van der Waals surface area contributed by atoms with Gasteiger partial charge in [-0.15, -0.1) is 0 Å². The number of hydrogen-bond donors (Lipinski definition) is 2. The second-order valence-electron chi connectivity index (χ2n) is 3.24. The molecule has 0 saturated heterocycles. The van der Waals surface area contributed by atoms with E-state index in [4.69, 9.17) is 15.0 Å². The first-order valence-electron chi connectivity index (χ1n) is 4.55. The molecule has 0 aromatic heterocycles. The van der Waals surface area contributed by atoms with Crippen molar-refractivity contribution in [2.75, 3.05) is 0 Å². The van der Waals surface area contributed by atoms with Gasteiger partial charge in [-0.25, -0.2) is 4.39 Å². The van der Waals surface area contributed by atoms with E-state index in [-0.39, 0.29) is 0 Å². The Morgan fingerprint density at radius 2 is 1.77 bits per heavy atom. The molecule has 0 aliphatic heterocycles. The summed E-state index contributed by atoms with van der Waals surface area (Å²) >= 11 is 0. The predicted octanol–water partition coefficient (Wildman–Crippen LogP) is 1.74. The fourth-order valence-electron chi connectivity index (χ4n) is 1.24. The Morgan fingerprint density at radius 1 is 1.31 bits per heavy atom. The van der Waals surface area contributed by atoms with Crippen LogP contribution < -0.4 is 0 Å². The summed E-state index contributed by atoms with van der Waals surface area (Å²) in [5, 5.41) is 16.4. The first kappa shape index (κ1) is 12.4. The van der Waals surface area contributed by atoms with Crippen LogP contribution in [-0.2, 0) is 4.79 Å². The highest BCUT2D eigenvalue weighted by atomic mass is 19.1. The number of aliphatic hydroxyl groups is 1. The van der Waals surface area contributed by atoms with Crippen LogP contribution >= 0.6 is 0 Å². The number of aliphatic carboxylic acids is 1. The van der Waals surface area contributed by atoms with Crippen molar-refractivity contribution < 1.29 is 19.4 Å². The summed E-state index contributed by atoms with van der Waals surface area (Å²) in [5.41, 5.74) is 0. The molecule has 78 valence electrons. The van der Waals surface area contributed by atoms with Crippen LogP contribution in [0.25, 0.3) is 0 Å². The third-order valence-corrected chi connectivity index (χ3v) is 1.90. The molecule has 0 aromatic rings. The second-order valence-corrected chi connectivity index (χ2v) is 3.24. The molecule has 2 N–H and O–H groups in total. The average molecular weight is 192 g/mol. The van der Waals surface area contributed by atoms with Gasteiger partial charge in [0.15, 0.2) is 0 Å². The van der Waals surface area contributed by atoms with Crippen LogP contribution in [0.15, 0.2) is 0 Å². The van der Waals surface area contributed by atoms with Crippen molar-refractivity contribution in [3.05, 3.63) is 0 Å². The molecular weight excluding hydrogens is 175 g/mol. The Bertz CT molecular complexity index is 136. The summed E-state index contributed by atoms with van der Waals surface area (Å²) in [6, 6.07) is 0. The monoisotopic (exact) mass is 192 g/mol. The topological polar surface area (TPSA) is 57.5 Å². The lowest BCUT2D eigenvalue weighted by Crippen LogP contribution is -2.19. The molecule has 0 radical (unpaired) electrons. The van der Waals surface area contributed by atoms with E-state index in [0.29, 0.717) is 12.8 Å². The Labute approximate surface area is 77.6 Å². The number of carbonyl (C=O) groups is 1. The van der Waals surface area contributed by atoms with Gasteiger partial charge in [0, 0.05) is 6.92 Å². The van der Waals surface area contributed by atoms with E-state index in [1.165, 1.54) is 0 Å². The van der Waals surface area contributed by atoms with Gasteiger partial charge in [-0.1, -0.05) is 19.3 Å². The average Bonchev–Trinajstić information content (AvgIpc) is 2.16. The van der Waals surface area contributed by atoms with Crippen molar-refractivity contribution in [2.24, 2.45) is 0 Å². The van der Waals surface area contributed by atoms with E-state index < -0.39 is 18.2 Å². The third-order valence-electron chi connectivity index (χ3n) is 1.90. The van der Waals surface area contributed by atoms with Crippen molar-refractivity contribution >= 4 is 5.97 Å². The molecular formula is C9H17FO3. The van der Waals surface area contributed by atoms with Crippen molar-refractivity contribution in [1.82, 2.24) is 0 Å². The summed E-state index contributed by atoms with van der Waals surface area (Å²) in [6.45, 7) is 1.08. The predicted molar refractivity (Wildman–Crippen MR) is 47.3 cm³/mol. The van der Waals surface area contributed by atoms with Gasteiger partial charge in [0.25, 0.3) is 5.97 Å². The van der Waals surface area contributed by atoms with E-state index in [1.807, 2.05) is 0 Å². The maximum atomic E-state index is 12.6. The molecule has 3 nitrogen and oxygen atoms in total. The minimum atomic E-state index is -0.951. The fourth-order valence-corrected chi connectivity index (χ4v) is 1.24. The number of halogens is 1. The van der Waals surface area contributed by atoms with E-state index in [1.54, 1.807) is 0 Å². The van der Waals surface area contributed by atoms with Crippen LogP contribution in [0.5, 0.6) is 0 Å². The van der Waals surface area contributed by atoms with Crippen LogP contribution in [-0.4, -0.2) is 28.5 Å². The molecule has 0 unspecified atom stereocenters. The summed E-state index contributed by atoms with van der Waals surface area (Å²) in [7, 11) is 0. The van der Waals surface area contributed by atoms with Gasteiger partial charge in [-0.3, -0.25) is 4.79 Å². The Kier molecular flexibility index (Phi) is 6.49. The molecule has 4 heteroatoms. The zero-order valence-corrected chi connectivity index (χ0v) is 7.87. The molecule has 1 aliphatic rings. The first-order chi connectivity index (χ1) is 6.04. The fraction of sp³-hybridized carbons (Fsp3) is 0.889. The summed E-state index contributed by atoms with van der Waals surface area (Å²) in [5.74, 6) is -0.833. The van der Waals surface area contributed by atoms with E-state index in [0.717, 1.165) is 26.2 Å². The molecule has 1 aliphatic carbocycles. The maximum absolute atomic E-state index is 12.6. The normalized spacial score (nSPS) is 28.2. The number of carboxylic acids is 1. The van der Waals surface area contributed by atoms with E-state index in [2.05, 4.69) is 0 Å². The zero-order chi connectivity index (χ0) is 10.3. The Hall–Kier alpha value is -0.640. The zero-order valence-electron chi connectivity index (χ0n) is 7.87. The van der Waals surface area contributed by atoms with Gasteiger partial charge in [-0.2, -0.15) is 0 Å². The van der Waals surface area contributed by atoms with Gasteiger partial charge in [0.2, 0.25) is 0 Å². The first-order valence-corrected chi connectivity index (χ1v) is 4.55. The number of rotatable bonds is 0. The maximum Gasteiger partial charge on any atom is 0.300 e. The molecule has 1 rings (SSSR count). The smallest absolute Gasteiger partial charge is 0.300 e. The quantitative estimate of drug-likeness (QED) is 0.575. The van der Waals surface area contributed by atoms with Crippen LogP contribution in [0.2, 0.25) is 0 Å². The highest BCUT2D eigenvalue weighted by Crippen LogP contribution is 2.19. The minimum absolute atomic E-state index is 0.557. The van der Waals surface area contributed by atoms with Crippen molar-refractivity contribution in [1.29, 1.82) is 0 Å². The van der Waals surface area contributed by atoms with Gasteiger partial charge in [0.1, 0.15) is 6.17 Å². The molecule has 0 amide bonds. The molecule has 0 bridgehead atoms. The number of alkyl halides is 1. The van der Waals surface area contributed by atoms with Crippen LogP contribution in [0, 0.1) is 0 Å². The van der Waals surface area contributed by atoms with Crippen LogP contribution in [0.4, 0.5) is 4.39 Å². The summed E-state index contributed by atoms with van der Waals surface area (Å²) in [4.78, 5) is 9.00. The van der Waals surface area contributed by atoms with Gasteiger partial charge >= 0.3 is 0 Å². The van der Waals surface area contributed by atoms with Gasteiger partial charge < -0.3 is 10.2 Å². The molecule has 1 saturated carbocycles. The largest absolute Gasteiger partial charge is 0.481 e. The molecule has 0 heterocycles. The summed E-state index contributed by atoms with van der Waals surface area (Å²) < 4.78 is 12.6. The third kappa shape index (κ3) is 7.71. The molecule has 13 heavy (non-hydrogen) atoms. The van der Waals surface area contributed by atoms with Crippen molar-refractivity contribution in [3.8, 4) is 0 Å². The second kappa shape index (κ2) is 6.83. The number of carboxylic acid groups (broad SMARTS) is 1.